The highest BCUT2D eigenvalue weighted by Gasteiger charge is 2.17. The van der Waals surface area contributed by atoms with Gasteiger partial charge in [0.1, 0.15) is 5.82 Å². The normalized spacial score (nSPS) is 14.3. The summed E-state index contributed by atoms with van der Waals surface area (Å²) in [4.78, 5) is 12.3. The summed E-state index contributed by atoms with van der Waals surface area (Å²) in [5.41, 5.74) is 7.13. The Kier molecular flexibility index (Phi) is 3.40. The maximum absolute atomic E-state index is 12.3. The van der Waals surface area contributed by atoms with Crippen LogP contribution in [0.25, 0.3) is 0 Å². The van der Waals surface area contributed by atoms with Crippen molar-refractivity contribution >= 4 is 0 Å². The SMILES string of the molecule is Cc1ccc(CN)c(=O)n1Cc1nnc2n1CCCC2. The molecule has 0 saturated carbocycles. The van der Waals surface area contributed by atoms with Gasteiger partial charge in [-0.1, -0.05) is 6.07 Å². The average Bonchev–Trinajstić information content (AvgIpc) is 2.87. The molecule has 0 saturated heterocycles. The zero-order valence-electron chi connectivity index (χ0n) is 11.7. The Morgan fingerprint density at radius 2 is 2.15 bits per heavy atom. The number of aryl methyl sites for hydroxylation is 2. The molecule has 3 rings (SSSR count). The van der Waals surface area contributed by atoms with Crippen molar-refractivity contribution in [1.29, 1.82) is 0 Å². The van der Waals surface area contributed by atoms with E-state index >= 15 is 0 Å². The smallest absolute Gasteiger partial charge is 0.255 e. The first-order valence-electron chi connectivity index (χ1n) is 7.01. The molecule has 0 amide bonds. The Bertz CT molecular complexity index is 685. The number of rotatable bonds is 3. The van der Waals surface area contributed by atoms with Gasteiger partial charge in [0.05, 0.1) is 6.54 Å². The van der Waals surface area contributed by atoms with Gasteiger partial charge in [0.25, 0.3) is 5.56 Å². The summed E-state index contributed by atoms with van der Waals surface area (Å²) < 4.78 is 3.87. The fourth-order valence-corrected chi connectivity index (χ4v) is 2.69. The molecule has 0 aromatic carbocycles. The van der Waals surface area contributed by atoms with Crippen molar-refractivity contribution in [3.63, 3.8) is 0 Å². The van der Waals surface area contributed by atoms with Gasteiger partial charge in [-0.25, -0.2) is 0 Å². The van der Waals surface area contributed by atoms with E-state index in [1.807, 2.05) is 13.0 Å². The molecule has 20 heavy (non-hydrogen) atoms. The lowest BCUT2D eigenvalue weighted by atomic mass is 10.1. The average molecular weight is 273 g/mol. The molecule has 0 bridgehead atoms. The van der Waals surface area contributed by atoms with Crippen molar-refractivity contribution in [3.05, 3.63) is 45.4 Å². The van der Waals surface area contributed by atoms with E-state index in [2.05, 4.69) is 14.8 Å². The Labute approximate surface area is 117 Å². The third kappa shape index (κ3) is 2.16. The molecule has 106 valence electrons. The van der Waals surface area contributed by atoms with Crippen LogP contribution in [0, 0.1) is 6.92 Å². The molecule has 0 radical (unpaired) electrons. The minimum absolute atomic E-state index is 0.0272. The van der Waals surface area contributed by atoms with Gasteiger partial charge in [0, 0.05) is 30.8 Å². The highest BCUT2D eigenvalue weighted by Crippen LogP contribution is 2.15. The summed E-state index contributed by atoms with van der Waals surface area (Å²) >= 11 is 0. The van der Waals surface area contributed by atoms with Crippen LogP contribution in [-0.4, -0.2) is 19.3 Å². The molecule has 0 spiro atoms. The van der Waals surface area contributed by atoms with Gasteiger partial charge < -0.3 is 14.9 Å². The van der Waals surface area contributed by atoms with Crippen LogP contribution in [0.1, 0.15) is 35.7 Å². The molecule has 1 aliphatic heterocycles. The minimum atomic E-state index is -0.0272. The van der Waals surface area contributed by atoms with Crippen molar-refractivity contribution in [2.75, 3.05) is 0 Å². The maximum Gasteiger partial charge on any atom is 0.255 e. The number of nitrogens with zero attached hydrogens (tertiary/aromatic N) is 4. The Balaban J connectivity index is 1.99. The molecular weight excluding hydrogens is 254 g/mol. The molecule has 2 N–H and O–H groups in total. The van der Waals surface area contributed by atoms with E-state index in [1.54, 1.807) is 10.6 Å². The molecule has 0 unspecified atom stereocenters. The lowest BCUT2D eigenvalue weighted by Gasteiger charge is -2.16. The van der Waals surface area contributed by atoms with Crippen molar-refractivity contribution in [2.24, 2.45) is 5.73 Å². The van der Waals surface area contributed by atoms with Crippen LogP contribution in [0.5, 0.6) is 0 Å². The number of fused-ring (bicyclic) bond motifs is 1. The molecule has 0 fully saturated rings. The molecule has 0 aliphatic carbocycles. The van der Waals surface area contributed by atoms with Gasteiger partial charge in [-0.3, -0.25) is 4.79 Å². The van der Waals surface area contributed by atoms with Crippen molar-refractivity contribution in [3.8, 4) is 0 Å². The lowest BCUT2D eigenvalue weighted by Crippen LogP contribution is -2.28. The summed E-state index contributed by atoms with van der Waals surface area (Å²) in [7, 11) is 0. The van der Waals surface area contributed by atoms with Gasteiger partial charge >= 0.3 is 0 Å². The first-order valence-corrected chi connectivity index (χ1v) is 7.01. The molecule has 3 heterocycles. The van der Waals surface area contributed by atoms with E-state index in [0.717, 1.165) is 36.7 Å². The van der Waals surface area contributed by atoms with E-state index in [9.17, 15) is 4.79 Å². The monoisotopic (exact) mass is 273 g/mol. The number of pyridine rings is 1. The van der Waals surface area contributed by atoms with Crippen LogP contribution in [-0.2, 0) is 26.1 Å². The standard InChI is InChI=1S/C14H19N5O/c1-10-5-6-11(8-15)14(20)19(10)9-13-17-16-12-4-2-3-7-18(12)13/h5-6H,2-4,7-9,15H2,1H3. The van der Waals surface area contributed by atoms with Crippen LogP contribution in [0.4, 0.5) is 0 Å². The van der Waals surface area contributed by atoms with Crippen LogP contribution < -0.4 is 11.3 Å². The van der Waals surface area contributed by atoms with E-state index in [0.29, 0.717) is 12.1 Å². The van der Waals surface area contributed by atoms with Gasteiger partial charge in [-0.15, -0.1) is 10.2 Å². The fraction of sp³-hybridized carbons (Fsp3) is 0.500. The van der Waals surface area contributed by atoms with Gasteiger partial charge in [0.15, 0.2) is 5.82 Å². The summed E-state index contributed by atoms with van der Waals surface area (Å²) in [6.45, 7) is 3.60. The minimum Gasteiger partial charge on any atom is -0.326 e. The van der Waals surface area contributed by atoms with Crippen LogP contribution in [0.15, 0.2) is 16.9 Å². The predicted octanol–water partition coefficient (Wildman–Crippen LogP) is 0.592. The summed E-state index contributed by atoms with van der Waals surface area (Å²) in [5, 5.41) is 8.48. The number of nitrogens with two attached hydrogens (primary N) is 1. The zero-order valence-corrected chi connectivity index (χ0v) is 11.7. The van der Waals surface area contributed by atoms with E-state index in [-0.39, 0.29) is 12.1 Å². The first kappa shape index (κ1) is 13.1. The van der Waals surface area contributed by atoms with Crippen molar-refractivity contribution in [1.82, 2.24) is 19.3 Å². The number of aromatic nitrogens is 4. The first-order chi connectivity index (χ1) is 9.70. The van der Waals surface area contributed by atoms with E-state index in [4.69, 9.17) is 5.73 Å². The molecule has 1 aliphatic rings. The van der Waals surface area contributed by atoms with Crippen LogP contribution in [0.3, 0.4) is 0 Å². The molecule has 0 atom stereocenters. The largest absolute Gasteiger partial charge is 0.326 e. The molecule has 2 aromatic rings. The molecular formula is C14H19N5O. The topological polar surface area (TPSA) is 78.7 Å². The summed E-state index contributed by atoms with van der Waals surface area (Å²) in [6.07, 6.45) is 3.29. The fourth-order valence-electron chi connectivity index (χ4n) is 2.69. The number of hydrogen-bond acceptors (Lipinski definition) is 4. The Morgan fingerprint density at radius 3 is 2.95 bits per heavy atom. The third-order valence-electron chi connectivity index (χ3n) is 3.93. The summed E-state index contributed by atoms with van der Waals surface area (Å²) in [5.74, 6) is 1.89. The van der Waals surface area contributed by atoms with E-state index < -0.39 is 0 Å². The third-order valence-corrected chi connectivity index (χ3v) is 3.93. The Morgan fingerprint density at radius 1 is 1.30 bits per heavy atom. The highest BCUT2D eigenvalue weighted by atomic mass is 16.1. The highest BCUT2D eigenvalue weighted by molar-refractivity contribution is 5.16. The van der Waals surface area contributed by atoms with Crippen molar-refractivity contribution in [2.45, 2.75) is 45.8 Å². The quantitative estimate of drug-likeness (QED) is 0.887. The van der Waals surface area contributed by atoms with Gasteiger partial charge in [0.2, 0.25) is 0 Å². The number of hydrogen-bond donors (Lipinski definition) is 1. The molecule has 6 nitrogen and oxygen atoms in total. The van der Waals surface area contributed by atoms with E-state index in [1.165, 1.54) is 6.42 Å². The molecule has 6 heteroatoms. The summed E-state index contributed by atoms with van der Waals surface area (Å²) in [6, 6.07) is 3.73. The van der Waals surface area contributed by atoms with Gasteiger partial charge in [-0.2, -0.15) is 0 Å². The van der Waals surface area contributed by atoms with Crippen LogP contribution >= 0.6 is 0 Å². The van der Waals surface area contributed by atoms with Gasteiger partial charge in [-0.05, 0) is 25.8 Å². The second-order valence-corrected chi connectivity index (χ2v) is 5.24. The lowest BCUT2D eigenvalue weighted by molar-refractivity contribution is 0.498. The van der Waals surface area contributed by atoms with Crippen LogP contribution in [0.2, 0.25) is 0 Å². The Hall–Kier alpha value is -1.95. The predicted molar refractivity (Wildman–Crippen MR) is 75.4 cm³/mol. The van der Waals surface area contributed by atoms with Crippen molar-refractivity contribution < 1.29 is 0 Å². The second-order valence-electron chi connectivity index (χ2n) is 5.24. The zero-order chi connectivity index (χ0) is 14.1. The second kappa shape index (κ2) is 5.20. The maximum atomic E-state index is 12.3. The molecule has 2 aromatic heterocycles.